The SMILES string of the molecule is CN=C(NCCN1C(=O)C2C3C=CC(C3)C2C1=O)NCc1ccc(SC)cc1. The second-order valence-corrected chi connectivity index (χ2v) is 8.41. The van der Waals surface area contributed by atoms with Crippen LogP contribution >= 0.6 is 11.8 Å². The molecule has 1 saturated carbocycles. The van der Waals surface area contributed by atoms with Crippen molar-refractivity contribution < 1.29 is 9.59 Å². The van der Waals surface area contributed by atoms with Gasteiger partial charge < -0.3 is 10.6 Å². The molecule has 2 amide bonds. The van der Waals surface area contributed by atoms with Crippen LogP contribution in [0.5, 0.6) is 0 Å². The highest BCUT2D eigenvalue weighted by Crippen LogP contribution is 2.52. The lowest BCUT2D eigenvalue weighted by Gasteiger charge is -2.18. The molecule has 4 atom stereocenters. The zero-order valence-electron chi connectivity index (χ0n) is 16.2. The van der Waals surface area contributed by atoms with Crippen LogP contribution in [0.4, 0.5) is 0 Å². The second-order valence-electron chi connectivity index (χ2n) is 7.53. The molecule has 2 bridgehead atoms. The summed E-state index contributed by atoms with van der Waals surface area (Å²) < 4.78 is 0. The summed E-state index contributed by atoms with van der Waals surface area (Å²) in [6.45, 7) is 1.53. The summed E-state index contributed by atoms with van der Waals surface area (Å²) in [6.07, 6.45) is 7.27. The van der Waals surface area contributed by atoms with Crippen LogP contribution in [-0.4, -0.2) is 49.1 Å². The van der Waals surface area contributed by atoms with Gasteiger partial charge in [-0.1, -0.05) is 24.3 Å². The van der Waals surface area contributed by atoms with Gasteiger partial charge in [0.05, 0.1) is 11.8 Å². The molecule has 1 aliphatic heterocycles. The number of allylic oxidation sites excluding steroid dienone is 2. The Morgan fingerprint density at radius 2 is 1.75 bits per heavy atom. The molecule has 2 fully saturated rings. The van der Waals surface area contributed by atoms with Gasteiger partial charge >= 0.3 is 0 Å². The molecule has 0 spiro atoms. The van der Waals surface area contributed by atoms with E-state index in [2.05, 4.69) is 58.3 Å². The number of aliphatic imine (C=N–C) groups is 1. The zero-order valence-corrected chi connectivity index (χ0v) is 17.0. The van der Waals surface area contributed by atoms with Crippen molar-refractivity contribution in [3.8, 4) is 0 Å². The zero-order chi connectivity index (χ0) is 19.7. The van der Waals surface area contributed by atoms with E-state index in [1.54, 1.807) is 18.8 Å². The summed E-state index contributed by atoms with van der Waals surface area (Å²) in [7, 11) is 1.71. The average molecular weight is 399 g/mol. The number of benzene rings is 1. The number of amides is 2. The van der Waals surface area contributed by atoms with Crippen molar-refractivity contribution in [2.75, 3.05) is 26.4 Å². The number of carbonyl (C=O) groups excluding carboxylic acids is 2. The number of nitrogens with one attached hydrogen (secondary N) is 2. The smallest absolute Gasteiger partial charge is 0.233 e. The number of fused-ring (bicyclic) bond motifs is 5. The van der Waals surface area contributed by atoms with Gasteiger partial charge in [-0.25, -0.2) is 0 Å². The number of likely N-dealkylation sites (tertiary alicyclic amines) is 1. The van der Waals surface area contributed by atoms with E-state index in [0.29, 0.717) is 25.6 Å². The lowest BCUT2D eigenvalue weighted by atomic mass is 9.85. The maximum Gasteiger partial charge on any atom is 0.233 e. The Hall–Kier alpha value is -2.28. The Morgan fingerprint density at radius 3 is 2.32 bits per heavy atom. The van der Waals surface area contributed by atoms with E-state index >= 15 is 0 Å². The normalized spacial score (nSPS) is 28.2. The Kier molecular flexibility index (Phi) is 5.44. The highest BCUT2D eigenvalue weighted by molar-refractivity contribution is 7.98. The van der Waals surface area contributed by atoms with Gasteiger partial charge in [-0.3, -0.25) is 19.5 Å². The van der Waals surface area contributed by atoms with Crippen molar-refractivity contribution in [2.45, 2.75) is 17.9 Å². The third kappa shape index (κ3) is 3.43. The molecule has 4 unspecified atom stereocenters. The molecule has 0 aromatic heterocycles. The van der Waals surface area contributed by atoms with Gasteiger partial charge in [-0.05, 0) is 42.2 Å². The van der Waals surface area contributed by atoms with E-state index in [4.69, 9.17) is 0 Å². The monoisotopic (exact) mass is 398 g/mol. The molecule has 3 aliphatic rings. The fourth-order valence-electron chi connectivity index (χ4n) is 4.62. The van der Waals surface area contributed by atoms with E-state index < -0.39 is 0 Å². The molecule has 1 aromatic carbocycles. The third-order valence-corrected chi connectivity index (χ3v) is 6.78. The van der Waals surface area contributed by atoms with Crippen molar-refractivity contribution in [3.63, 3.8) is 0 Å². The van der Waals surface area contributed by atoms with Crippen LogP contribution < -0.4 is 10.6 Å². The topological polar surface area (TPSA) is 73.8 Å². The minimum absolute atomic E-state index is 0.00507. The highest BCUT2D eigenvalue weighted by atomic mass is 32.2. The molecule has 1 heterocycles. The number of thioether (sulfide) groups is 1. The van der Waals surface area contributed by atoms with Gasteiger partial charge in [-0.15, -0.1) is 11.8 Å². The Morgan fingerprint density at radius 1 is 1.11 bits per heavy atom. The van der Waals surface area contributed by atoms with Crippen molar-refractivity contribution in [1.82, 2.24) is 15.5 Å². The fraction of sp³-hybridized carbons (Fsp3) is 0.476. The number of guanidine groups is 1. The Balaban J connectivity index is 1.26. The van der Waals surface area contributed by atoms with Crippen LogP contribution in [-0.2, 0) is 16.1 Å². The molecular formula is C21H26N4O2S. The molecule has 7 heteroatoms. The first-order valence-corrected chi connectivity index (χ1v) is 11.0. The Bertz CT molecular complexity index is 790. The predicted octanol–water partition coefficient (Wildman–Crippen LogP) is 1.88. The highest BCUT2D eigenvalue weighted by Gasteiger charge is 2.58. The number of nitrogens with zero attached hydrogens (tertiary/aromatic N) is 2. The van der Waals surface area contributed by atoms with Crippen molar-refractivity contribution in [1.29, 1.82) is 0 Å². The van der Waals surface area contributed by atoms with Gasteiger partial charge in [0.1, 0.15) is 0 Å². The van der Waals surface area contributed by atoms with Crippen LogP contribution in [0.15, 0.2) is 46.3 Å². The van der Waals surface area contributed by atoms with E-state index in [9.17, 15) is 9.59 Å². The van der Waals surface area contributed by atoms with Crippen molar-refractivity contribution in [3.05, 3.63) is 42.0 Å². The van der Waals surface area contributed by atoms with E-state index in [-0.39, 0.29) is 35.5 Å². The van der Waals surface area contributed by atoms with Crippen molar-refractivity contribution >= 4 is 29.5 Å². The number of hydrogen-bond donors (Lipinski definition) is 2. The minimum atomic E-state index is -0.121. The van der Waals surface area contributed by atoms with Crippen molar-refractivity contribution in [2.24, 2.45) is 28.7 Å². The van der Waals surface area contributed by atoms with Gasteiger partial charge in [0.2, 0.25) is 11.8 Å². The van der Waals surface area contributed by atoms with E-state index in [0.717, 1.165) is 6.42 Å². The van der Waals surface area contributed by atoms with Gasteiger partial charge in [0, 0.05) is 31.6 Å². The molecule has 6 nitrogen and oxygen atoms in total. The Labute approximate surface area is 169 Å². The second kappa shape index (κ2) is 7.99. The van der Waals surface area contributed by atoms with Crippen LogP contribution in [0, 0.1) is 23.7 Å². The summed E-state index contributed by atoms with van der Waals surface area (Å²) in [4.78, 5) is 32.3. The molecular weight excluding hydrogens is 372 g/mol. The lowest BCUT2D eigenvalue weighted by Crippen LogP contribution is -2.43. The summed E-state index contributed by atoms with van der Waals surface area (Å²) in [6, 6.07) is 8.38. The lowest BCUT2D eigenvalue weighted by molar-refractivity contribution is -0.140. The molecule has 0 radical (unpaired) electrons. The third-order valence-electron chi connectivity index (χ3n) is 6.03. The van der Waals surface area contributed by atoms with Gasteiger partial charge in [-0.2, -0.15) is 0 Å². The van der Waals surface area contributed by atoms with Crippen LogP contribution in [0.25, 0.3) is 0 Å². The van der Waals surface area contributed by atoms with Gasteiger partial charge in [0.15, 0.2) is 5.96 Å². The van der Waals surface area contributed by atoms with Crippen LogP contribution in [0.3, 0.4) is 0 Å². The summed E-state index contributed by atoms with van der Waals surface area (Å²) in [5.41, 5.74) is 1.17. The number of imide groups is 1. The van der Waals surface area contributed by atoms with E-state index in [1.807, 2.05) is 0 Å². The summed E-state index contributed by atoms with van der Waals surface area (Å²) in [5.74, 6) is 0.951. The quantitative estimate of drug-likeness (QED) is 0.252. The molecule has 1 aromatic rings. The number of hydrogen-bond acceptors (Lipinski definition) is 4. The first kappa shape index (κ1) is 19.1. The van der Waals surface area contributed by atoms with Gasteiger partial charge in [0.25, 0.3) is 0 Å². The fourth-order valence-corrected chi connectivity index (χ4v) is 5.03. The van der Waals surface area contributed by atoms with Crippen LogP contribution in [0.1, 0.15) is 12.0 Å². The first-order chi connectivity index (χ1) is 13.6. The number of rotatable bonds is 6. The molecule has 2 aliphatic carbocycles. The molecule has 28 heavy (non-hydrogen) atoms. The maximum absolute atomic E-state index is 12.7. The first-order valence-electron chi connectivity index (χ1n) is 9.73. The van der Waals surface area contributed by atoms with E-state index in [1.165, 1.54) is 15.4 Å². The largest absolute Gasteiger partial charge is 0.355 e. The average Bonchev–Trinajstić information content (AvgIpc) is 3.40. The standard InChI is InChI=1S/C21H26N4O2S/c1-22-21(24-12-13-3-7-16(28-2)8-4-13)23-9-10-25-19(26)17-14-5-6-15(11-14)18(17)20(25)27/h3-8,14-15,17-18H,9-12H2,1-2H3,(H2,22,23,24). The molecule has 2 N–H and O–H groups in total. The maximum atomic E-state index is 12.7. The predicted molar refractivity (Wildman–Crippen MR) is 111 cm³/mol. The summed E-state index contributed by atoms with van der Waals surface area (Å²) in [5, 5.41) is 6.48. The summed E-state index contributed by atoms with van der Waals surface area (Å²) >= 11 is 1.72. The molecule has 4 rings (SSSR count). The number of carbonyl (C=O) groups is 2. The molecule has 148 valence electrons. The minimum Gasteiger partial charge on any atom is -0.355 e. The van der Waals surface area contributed by atoms with Crippen LogP contribution in [0.2, 0.25) is 0 Å². The molecule has 1 saturated heterocycles.